The average Bonchev–Trinajstić information content (AvgIpc) is 3.12. The van der Waals surface area contributed by atoms with Crippen molar-refractivity contribution >= 4 is 17.4 Å². The summed E-state index contributed by atoms with van der Waals surface area (Å²) in [6, 6.07) is 12.0. The minimum absolute atomic E-state index is 0.0731. The van der Waals surface area contributed by atoms with Gasteiger partial charge in [0.15, 0.2) is 0 Å². The summed E-state index contributed by atoms with van der Waals surface area (Å²) >= 11 is 0. The highest BCUT2D eigenvalue weighted by molar-refractivity contribution is 6.46. The Labute approximate surface area is 213 Å². The second kappa shape index (κ2) is 12.6. The number of likely N-dealkylation sites (tertiary alicyclic amines) is 1. The Morgan fingerprint density at radius 2 is 1.83 bits per heavy atom. The van der Waals surface area contributed by atoms with Gasteiger partial charge in [0.25, 0.3) is 11.7 Å². The van der Waals surface area contributed by atoms with Gasteiger partial charge in [0.1, 0.15) is 17.3 Å². The smallest absolute Gasteiger partial charge is 0.295 e. The highest BCUT2D eigenvalue weighted by Gasteiger charge is 2.46. The monoisotopic (exact) mass is 495 g/mol. The number of ketones is 1. The lowest BCUT2D eigenvalue weighted by Crippen LogP contribution is -2.31. The van der Waals surface area contributed by atoms with Crippen molar-refractivity contribution < 1.29 is 28.9 Å². The first-order chi connectivity index (χ1) is 17.3. The molecule has 36 heavy (non-hydrogen) atoms. The van der Waals surface area contributed by atoms with Crippen LogP contribution in [0.15, 0.2) is 48.0 Å². The molecule has 194 valence electrons. The molecule has 1 N–H and O–H groups in total. The van der Waals surface area contributed by atoms with Crippen LogP contribution in [-0.4, -0.2) is 55.2 Å². The highest BCUT2D eigenvalue weighted by Crippen LogP contribution is 2.41. The maximum atomic E-state index is 13.3. The first-order valence-electron chi connectivity index (χ1n) is 12.6. The molecule has 2 aromatic rings. The number of Topliss-reactive ketones (excluding diaryl/α,β-unsaturated/α-hetero) is 1. The zero-order valence-electron chi connectivity index (χ0n) is 21.9. The molecule has 0 radical (unpaired) electrons. The molecular weight excluding hydrogens is 458 g/mol. The Balaban J connectivity index is 2.14. The molecule has 0 aliphatic carbocycles. The Bertz CT molecular complexity index is 1110. The zero-order chi connectivity index (χ0) is 26.2. The van der Waals surface area contributed by atoms with E-state index < -0.39 is 17.7 Å². The Morgan fingerprint density at radius 1 is 1.06 bits per heavy atom. The summed E-state index contributed by atoms with van der Waals surface area (Å²) in [5.41, 5.74) is 2.17. The lowest BCUT2D eigenvalue weighted by atomic mass is 9.93. The summed E-state index contributed by atoms with van der Waals surface area (Å²) in [5.74, 6) is 0.0000726. The molecule has 0 aromatic heterocycles. The van der Waals surface area contributed by atoms with Crippen molar-refractivity contribution in [2.75, 3.05) is 33.5 Å². The van der Waals surface area contributed by atoms with E-state index in [4.69, 9.17) is 14.2 Å². The van der Waals surface area contributed by atoms with Crippen LogP contribution >= 0.6 is 0 Å². The van der Waals surface area contributed by atoms with Gasteiger partial charge in [-0.2, -0.15) is 0 Å². The lowest BCUT2D eigenvalue weighted by Gasteiger charge is -2.25. The van der Waals surface area contributed by atoms with Crippen molar-refractivity contribution in [2.24, 2.45) is 0 Å². The molecule has 0 spiro atoms. The number of nitrogens with zero attached hydrogens (tertiary/aromatic N) is 1. The van der Waals surface area contributed by atoms with Gasteiger partial charge in [-0.25, -0.2) is 0 Å². The van der Waals surface area contributed by atoms with Crippen molar-refractivity contribution in [1.82, 2.24) is 4.90 Å². The normalized spacial score (nSPS) is 17.2. The molecule has 0 saturated carbocycles. The van der Waals surface area contributed by atoms with Crippen molar-refractivity contribution in [3.63, 3.8) is 0 Å². The maximum absolute atomic E-state index is 13.3. The van der Waals surface area contributed by atoms with E-state index in [1.54, 1.807) is 19.2 Å². The second-order valence-corrected chi connectivity index (χ2v) is 9.10. The van der Waals surface area contributed by atoms with Gasteiger partial charge in [0, 0.05) is 25.8 Å². The van der Waals surface area contributed by atoms with E-state index in [1.165, 1.54) is 4.90 Å². The molecule has 0 bridgehead atoms. The van der Waals surface area contributed by atoms with Crippen LogP contribution in [0.2, 0.25) is 0 Å². The van der Waals surface area contributed by atoms with Crippen LogP contribution in [-0.2, 0) is 14.3 Å². The Morgan fingerprint density at radius 3 is 2.50 bits per heavy atom. The van der Waals surface area contributed by atoms with E-state index in [0.29, 0.717) is 49.7 Å². The third kappa shape index (κ3) is 5.90. The number of rotatable bonds is 12. The summed E-state index contributed by atoms with van der Waals surface area (Å²) in [5, 5.41) is 11.5. The average molecular weight is 496 g/mol. The van der Waals surface area contributed by atoms with Crippen molar-refractivity contribution in [2.45, 2.75) is 52.5 Å². The van der Waals surface area contributed by atoms with Gasteiger partial charge in [-0.05, 0) is 67.1 Å². The number of hydrogen-bond donors (Lipinski definition) is 1. The minimum atomic E-state index is -0.735. The predicted octanol–water partition coefficient (Wildman–Crippen LogP) is 5.46. The van der Waals surface area contributed by atoms with Crippen LogP contribution in [0.1, 0.15) is 69.2 Å². The van der Waals surface area contributed by atoms with Crippen LogP contribution in [0.3, 0.4) is 0 Å². The molecule has 1 aliphatic rings. The van der Waals surface area contributed by atoms with Gasteiger partial charge >= 0.3 is 0 Å². The van der Waals surface area contributed by atoms with Crippen LogP contribution in [0.4, 0.5) is 0 Å². The molecule has 1 fully saturated rings. The van der Waals surface area contributed by atoms with Crippen LogP contribution in [0.25, 0.3) is 5.76 Å². The number of amides is 1. The third-order valence-electron chi connectivity index (χ3n) is 6.14. The summed E-state index contributed by atoms with van der Waals surface area (Å²) in [6.07, 6.45) is 1.42. The molecule has 7 nitrogen and oxygen atoms in total. The first-order valence-corrected chi connectivity index (χ1v) is 12.6. The topological polar surface area (TPSA) is 85.3 Å². The summed E-state index contributed by atoms with van der Waals surface area (Å²) in [7, 11) is 1.60. The summed E-state index contributed by atoms with van der Waals surface area (Å²) in [4.78, 5) is 28.0. The van der Waals surface area contributed by atoms with Gasteiger partial charge in [-0.3, -0.25) is 9.59 Å². The number of carbonyl (C=O) groups is 2. The summed E-state index contributed by atoms with van der Waals surface area (Å²) in [6.45, 7) is 9.87. The van der Waals surface area contributed by atoms with E-state index >= 15 is 0 Å². The van der Waals surface area contributed by atoms with Crippen molar-refractivity contribution in [3.05, 3.63) is 64.7 Å². The first kappa shape index (κ1) is 27.3. The fourth-order valence-electron chi connectivity index (χ4n) is 4.42. The van der Waals surface area contributed by atoms with Gasteiger partial charge < -0.3 is 24.2 Å². The van der Waals surface area contributed by atoms with Crippen LogP contribution < -0.4 is 9.47 Å². The standard InChI is InChI=1S/C29H37NO6/c1-6-15-36-22-11-8-10-20(17-22)26-25(28(32)29(33)30(26)14-9-16-34-5)27(31)21-12-13-24(35-7-2)23(18-21)19(3)4/h8,10-13,17-19,26,31H,6-7,9,14-16H2,1-5H3/b27-25+. The molecule has 1 amide bonds. The Kier molecular flexibility index (Phi) is 9.53. The Hall–Kier alpha value is -3.32. The maximum Gasteiger partial charge on any atom is 0.295 e. The SMILES string of the molecule is CCCOc1cccc(C2/C(=C(\O)c3ccc(OCC)c(C(C)C)c3)C(=O)C(=O)N2CCCOC)c1. The van der Waals surface area contributed by atoms with E-state index in [2.05, 4.69) is 0 Å². The fraction of sp³-hybridized carbons (Fsp3) is 0.448. The lowest BCUT2D eigenvalue weighted by molar-refractivity contribution is -0.140. The molecule has 7 heteroatoms. The minimum Gasteiger partial charge on any atom is -0.507 e. The fourth-order valence-corrected chi connectivity index (χ4v) is 4.42. The molecule has 2 aromatic carbocycles. The van der Waals surface area contributed by atoms with Crippen molar-refractivity contribution in [1.29, 1.82) is 0 Å². The highest BCUT2D eigenvalue weighted by atomic mass is 16.5. The third-order valence-corrected chi connectivity index (χ3v) is 6.14. The molecular formula is C29H37NO6. The van der Waals surface area contributed by atoms with E-state index in [-0.39, 0.29) is 17.3 Å². The number of ether oxygens (including phenoxy) is 3. The number of aliphatic hydroxyl groups is 1. The van der Waals surface area contributed by atoms with E-state index in [0.717, 1.165) is 17.7 Å². The molecule has 1 atom stereocenters. The van der Waals surface area contributed by atoms with E-state index in [9.17, 15) is 14.7 Å². The van der Waals surface area contributed by atoms with Gasteiger partial charge in [-0.1, -0.05) is 32.9 Å². The zero-order valence-corrected chi connectivity index (χ0v) is 21.9. The number of methoxy groups -OCH3 is 1. The van der Waals surface area contributed by atoms with Crippen molar-refractivity contribution in [3.8, 4) is 11.5 Å². The van der Waals surface area contributed by atoms with Crippen LogP contribution in [0, 0.1) is 0 Å². The van der Waals surface area contributed by atoms with E-state index in [1.807, 2.05) is 58.0 Å². The predicted molar refractivity (Wildman–Crippen MR) is 139 cm³/mol. The number of aliphatic hydroxyl groups excluding tert-OH is 1. The summed E-state index contributed by atoms with van der Waals surface area (Å²) < 4.78 is 16.7. The molecule has 1 aliphatic heterocycles. The van der Waals surface area contributed by atoms with Gasteiger partial charge in [-0.15, -0.1) is 0 Å². The molecule has 3 rings (SSSR count). The van der Waals surface area contributed by atoms with Gasteiger partial charge in [0.2, 0.25) is 0 Å². The van der Waals surface area contributed by atoms with Crippen LogP contribution in [0.5, 0.6) is 11.5 Å². The number of benzene rings is 2. The largest absolute Gasteiger partial charge is 0.507 e. The molecule has 1 unspecified atom stereocenters. The molecule has 1 heterocycles. The second-order valence-electron chi connectivity index (χ2n) is 9.10. The number of carbonyl (C=O) groups excluding carboxylic acids is 2. The number of hydrogen-bond acceptors (Lipinski definition) is 6. The van der Waals surface area contributed by atoms with Gasteiger partial charge in [0.05, 0.1) is 24.8 Å². The molecule has 1 saturated heterocycles. The quantitative estimate of drug-likeness (QED) is 0.182.